The number of benzene rings is 1. The number of aryl methyl sites for hydroxylation is 1. The van der Waals surface area contributed by atoms with Crippen LogP contribution in [0.2, 0.25) is 0 Å². The summed E-state index contributed by atoms with van der Waals surface area (Å²) in [5.41, 5.74) is 7.70. The molecule has 0 unspecified atom stereocenters. The first-order valence-corrected chi connectivity index (χ1v) is 5.28. The molecule has 0 spiro atoms. The van der Waals surface area contributed by atoms with E-state index in [4.69, 9.17) is 5.73 Å². The van der Waals surface area contributed by atoms with E-state index in [0.29, 0.717) is 6.54 Å². The summed E-state index contributed by atoms with van der Waals surface area (Å²) in [6.07, 6.45) is 7.73. The lowest BCUT2D eigenvalue weighted by molar-refractivity contribution is 0.974. The van der Waals surface area contributed by atoms with Gasteiger partial charge in [-0.05, 0) is 24.6 Å². The smallest absolute Gasteiger partial charge is 0.110 e. The summed E-state index contributed by atoms with van der Waals surface area (Å²) in [7, 11) is 0. The molecule has 2 rings (SSSR count). The Balaban J connectivity index is 2.36. The summed E-state index contributed by atoms with van der Waals surface area (Å²) in [4.78, 5) is 4.21. The predicted octanol–water partition coefficient (Wildman–Crippen LogP) is 2.15. The molecule has 0 aliphatic rings. The number of aromatic nitrogens is 2. The quantitative estimate of drug-likeness (QED) is 0.849. The second-order valence-corrected chi connectivity index (χ2v) is 3.58. The first kappa shape index (κ1) is 10.6. The summed E-state index contributed by atoms with van der Waals surface area (Å²) >= 11 is 0. The van der Waals surface area contributed by atoms with Crippen LogP contribution in [0.4, 0.5) is 0 Å². The van der Waals surface area contributed by atoms with Gasteiger partial charge in [-0.3, -0.25) is 0 Å². The van der Waals surface area contributed by atoms with Crippen molar-refractivity contribution in [3.8, 4) is 5.69 Å². The highest BCUT2D eigenvalue weighted by atomic mass is 15.1. The minimum Gasteiger partial charge on any atom is -0.327 e. The van der Waals surface area contributed by atoms with Crippen LogP contribution in [0.1, 0.15) is 11.4 Å². The van der Waals surface area contributed by atoms with Crippen LogP contribution in [0, 0.1) is 6.92 Å². The first-order valence-electron chi connectivity index (χ1n) is 5.28. The Kier molecular flexibility index (Phi) is 3.17. The van der Waals surface area contributed by atoms with Gasteiger partial charge in [0, 0.05) is 24.6 Å². The highest BCUT2D eigenvalue weighted by molar-refractivity contribution is 5.53. The van der Waals surface area contributed by atoms with Crippen LogP contribution < -0.4 is 5.73 Å². The Labute approximate surface area is 95.2 Å². The van der Waals surface area contributed by atoms with E-state index in [2.05, 4.69) is 27.8 Å². The average Bonchev–Trinajstić information content (AvgIpc) is 2.73. The third kappa shape index (κ3) is 2.20. The van der Waals surface area contributed by atoms with Crippen LogP contribution in [-0.4, -0.2) is 16.1 Å². The normalized spacial score (nSPS) is 11.1. The summed E-state index contributed by atoms with van der Waals surface area (Å²) in [5, 5.41) is 0. The van der Waals surface area contributed by atoms with E-state index in [-0.39, 0.29) is 0 Å². The van der Waals surface area contributed by atoms with Gasteiger partial charge < -0.3 is 10.3 Å². The van der Waals surface area contributed by atoms with Crippen LogP contribution >= 0.6 is 0 Å². The van der Waals surface area contributed by atoms with Crippen molar-refractivity contribution in [1.29, 1.82) is 0 Å². The Hall–Kier alpha value is -1.87. The lowest BCUT2D eigenvalue weighted by Gasteiger charge is -2.05. The van der Waals surface area contributed by atoms with E-state index >= 15 is 0 Å². The van der Waals surface area contributed by atoms with Crippen molar-refractivity contribution < 1.29 is 0 Å². The second-order valence-electron chi connectivity index (χ2n) is 3.58. The number of hydrogen-bond acceptors (Lipinski definition) is 2. The maximum absolute atomic E-state index is 5.43. The zero-order valence-corrected chi connectivity index (χ0v) is 9.30. The van der Waals surface area contributed by atoms with Crippen molar-refractivity contribution >= 4 is 6.08 Å². The van der Waals surface area contributed by atoms with Crippen LogP contribution in [0.15, 0.2) is 42.7 Å². The molecule has 1 aromatic heterocycles. The fourth-order valence-corrected chi connectivity index (χ4v) is 1.63. The maximum atomic E-state index is 5.43. The predicted molar refractivity (Wildman–Crippen MR) is 66.4 cm³/mol. The van der Waals surface area contributed by atoms with Gasteiger partial charge in [0.25, 0.3) is 0 Å². The Morgan fingerprint density at radius 3 is 3.00 bits per heavy atom. The third-order valence-corrected chi connectivity index (χ3v) is 2.42. The SMILES string of the molecule is Cc1nccn1-c1cccc(/C=C/CN)c1. The van der Waals surface area contributed by atoms with E-state index in [1.165, 1.54) is 0 Å². The molecule has 2 aromatic rings. The van der Waals surface area contributed by atoms with Crippen molar-refractivity contribution in [2.75, 3.05) is 6.54 Å². The lowest BCUT2D eigenvalue weighted by Crippen LogP contribution is -1.95. The molecule has 1 heterocycles. The van der Waals surface area contributed by atoms with Crippen molar-refractivity contribution in [2.45, 2.75) is 6.92 Å². The monoisotopic (exact) mass is 213 g/mol. The highest BCUT2D eigenvalue weighted by Gasteiger charge is 1.99. The molecule has 0 fully saturated rings. The first-order chi connectivity index (χ1) is 7.81. The van der Waals surface area contributed by atoms with Crippen LogP contribution in [-0.2, 0) is 0 Å². The fraction of sp³-hybridized carbons (Fsp3) is 0.154. The van der Waals surface area contributed by atoms with E-state index in [0.717, 1.165) is 17.1 Å². The average molecular weight is 213 g/mol. The van der Waals surface area contributed by atoms with E-state index in [1.54, 1.807) is 6.20 Å². The fourth-order valence-electron chi connectivity index (χ4n) is 1.63. The van der Waals surface area contributed by atoms with Crippen LogP contribution in [0.3, 0.4) is 0 Å². The number of nitrogens with zero attached hydrogens (tertiary/aromatic N) is 2. The molecular formula is C13H15N3. The van der Waals surface area contributed by atoms with Crippen LogP contribution in [0.5, 0.6) is 0 Å². The Morgan fingerprint density at radius 2 is 2.31 bits per heavy atom. The molecule has 0 saturated carbocycles. The third-order valence-electron chi connectivity index (χ3n) is 2.42. The lowest BCUT2D eigenvalue weighted by atomic mass is 10.2. The standard InChI is InChI=1S/C13H15N3/c1-11-15-8-9-16(11)13-6-2-4-12(10-13)5-3-7-14/h2-6,8-10H,7,14H2,1H3/b5-3+. The Bertz CT molecular complexity index is 497. The molecule has 0 atom stereocenters. The zero-order valence-electron chi connectivity index (χ0n) is 9.30. The van der Waals surface area contributed by atoms with E-state index in [9.17, 15) is 0 Å². The number of rotatable bonds is 3. The molecule has 3 nitrogen and oxygen atoms in total. The minimum atomic E-state index is 0.564. The number of hydrogen-bond donors (Lipinski definition) is 1. The van der Waals surface area contributed by atoms with Crippen molar-refractivity contribution in [1.82, 2.24) is 9.55 Å². The van der Waals surface area contributed by atoms with Crippen molar-refractivity contribution in [3.05, 3.63) is 54.1 Å². The molecule has 0 bridgehead atoms. The van der Waals surface area contributed by atoms with Crippen LogP contribution in [0.25, 0.3) is 11.8 Å². The molecule has 3 heteroatoms. The molecule has 0 radical (unpaired) electrons. The molecule has 0 aliphatic heterocycles. The summed E-state index contributed by atoms with van der Waals surface area (Å²) < 4.78 is 2.06. The van der Waals surface area contributed by atoms with Gasteiger partial charge in [0.1, 0.15) is 5.82 Å². The summed E-state index contributed by atoms with van der Waals surface area (Å²) in [6.45, 7) is 2.55. The van der Waals surface area contributed by atoms with Gasteiger partial charge >= 0.3 is 0 Å². The van der Waals surface area contributed by atoms with Crippen molar-refractivity contribution in [3.63, 3.8) is 0 Å². The number of nitrogens with two attached hydrogens (primary N) is 1. The molecule has 16 heavy (non-hydrogen) atoms. The number of imidazole rings is 1. The van der Waals surface area contributed by atoms with E-state index < -0.39 is 0 Å². The van der Waals surface area contributed by atoms with Gasteiger partial charge in [-0.2, -0.15) is 0 Å². The van der Waals surface area contributed by atoms with Gasteiger partial charge in [-0.25, -0.2) is 4.98 Å². The van der Waals surface area contributed by atoms with Gasteiger partial charge in [0.2, 0.25) is 0 Å². The molecule has 82 valence electrons. The summed E-state index contributed by atoms with van der Waals surface area (Å²) in [5.74, 6) is 0.986. The topological polar surface area (TPSA) is 43.8 Å². The van der Waals surface area contributed by atoms with Gasteiger partial charge in [-0.1, -0.05) is 24.3 Å². The molecule has 0 amide bonds. The molecule has 0 saturated heterocycles. The largest absolute Gasteiger partial charge is 0.327 e. The summed E-state index contributed by atoms with van der Waals surface area (Å²) in [6, 6.07) is 8.27. The molecule has 2 N–H and O–H groups in total. The highest BCUT2D eigenvalue weighted by Crippen LogP contribution is 2.13. The molecule has 1 aromatic carbocycles. The minimum absolute atomic E-state index is 0.564. The van der Waals surface area contributed by atoms with Gasteiger partial charge in [0.15, 0.2) is 0 Å². The maximum Gasteiger partial charge on any atom is 0.110 e. The van der Waals surface area contributed by atoms with Gasteiger partial charge in [0.05, 0.1) is 0 Å². The zero-order chi connectivity index (χ0) is 11.4. The molecule has 0 aliphatic carbocycles. The van der Waals surface area contributed by atoms with E-state index in [1.807, 2.05) is 31.3 Å². The second kappa shape index (κ2) is 4.77. The van der Waals surface area contributed by atoms with Gasteiger partial charge in [-0.15, -0.1) is 0 Å². The van der Waals surface area contributed by atoms with Crippen molar-refractivity contribution in [2.24, 2.45) is 5.73 Å². The Morgan fingerprint density at radius 1 is 1.44 bits per heavy atom. The molecular weight excluding hydrogens is 198 g/mol.